The number of piperidine rings is 1. The number of hydrogen-bond acceptors (Lipinski definition) is 3. The average Bonchev–Trinajstić information content (AvgIpc) is 2.30. The summed E-state index contributed by atoms with van der Waals surface area (Å²) < 4.78 is 13.0. The van der Waals surface area contributed by atoms with Crippen LogP contribution in [0.25, 0.3) is 0 Å². The molecule has 1 aromatic heterocycles. The Morgan fingerprint density at radius 2 is 2.22 bits per heavy atom. The van der Waals surface area contributed by atoms with Gasteiger partial charge in [-0.2, -0.15) is 0 Å². The molecular formula is C13H18FN3O. The predicted molar refractivity (Wildman–Crippen MR) is 66.5 cm³/mol. The van der Waals surface area contributed by atoms with E-state index in [4.69, 9.17) is 5.73 Å². The number of aromatic nitrogens is 1. The van der Waals surface area contributed by atoms with Crippen molar-refractivity contribution in [3.05, 3.63) is 29.3 Å². The summed E-state index contributed by atoms with van der Waals surface area (Å²) in [5, 5.41) is 0. The molecule has 0 atom stereocenters. The molecule has 0 saturated carbocycles. The standard InChI is InChI=1S/C13H18FN3O/c1-9-6-11(14)7-16-13(9)10-2-4-17(5-3-10)8-12(15)18/h6-7,10H,2-5,8H2,1H3,(H2,15,18). The van der Waals surface area contributed by atoms with Crippen LogP contribution in [0.5, 0.6) is 0 Å². The van der Waals surface area contributed by atoms with Crippen LogP contribution >= 0.6 is 0 Å². The monoisotopic (exact) mass is 251 g/mol. The second-order valence-electron chi connectivity index (χ2n) is 4.87. The fourth-order valence-electron chi connectivity index (χ4n) is 2.56. The van der Waals surface area contributed by atoms with Crippen LogP contribution in [0.15, 0.2) is 12.3 Å². The second kappa shape index (κ2) is 5.44. The summed E-state index contributed by atoms with van der Waals surface area (Å²) in [5.41, 5.74) is 7.06. The number of nitrogens with zero attached hydrogens (tertiary/aromatic N) is 2. The maximum absolute atomic E-state index is 13.0. The van der Waals surface area contributed by atoms with Gasteiger partial charge in [-0.15, -0.1) is 0 Å². The van der Waals surface area contributed by atoms with Gasteiger partial charge in [0, 0.05) is 11.6 Å². The van der Waals surface area contributed by atoms with Crippen LogP contribution in [-0.2, 0) is 4.79 Å². The first-order chi connectivity index (χ1) is 8.56. The Kier molecular flexibility index (Phi) is 3.91. The summed E-state index contributed by atoms with van der Waals surface area (Å²) in [5.74, 6) is -0.221. The molecule has 1 fully saturated rings. The third kappa shape index (κ3) is 3.04. The molecule has 98 valence electrons. The van der Waals surface area contributed by atoms with E-state index in [1.54, 1.807) is 0 Å². The van der Waals surface area contributed by atoms with E-state index in [1.165, 1.54) is 12.3 Å². The van der Waals surface area contributed by atoms with Crippen molar-refractivity contribution in [1.29, 1.82) is 0 Å². The highest BCUT2D eigenvalue weighted by atomic mass is 19.1. The zero-order valence-electron chi connectivity index (χ0n) is 10.5. The van der Waals surface area contributed by atoms with Crippen LogP contribution in [-0.4, -0.2) is 35.4 Å². The molecule has 1 aliphatic rings. The Morgan fingerprint density at radius 3 is 2.78 bits per heavy atom. The van der Waals surface area contributed by atoms with Gasteiger partial charge in [0.1, 0.15) is 5.82 Å². The molecule has 2 heterocycles. The Labute approximate surface area is 106 Å². The lowest BCUT2D eigenvalue weighted by Crippen LogP contribution is -2.39. The van der Waals surface area contributed by atoms with Crippen molar-refractivity contribution >= 4 is 5.91 Å². The zero-order valence-corrected chi connectivity index (χ0v) is 10.5. The number of carbonyl (C=O) groups is 1. The summed E-state index contributed by atoms with van der Waals surface area (Å²) in [4.78, 5) is 17.1. The van der Waals surface area contributed by atoms with Gasteiger partial charge in [-0.05, 0) is 44.5 Å². The van der Waals surface area contributed by atoms with Gasteiger partial charge in [0.25, 0.3) is 0 Å². The Morgan fingerprint density at radius 1 is 1.56 bits per heavy atom. The normalized spacial score (nSPS) is 17.9. The van der Waals surface area contributed by atoms with Gasteiger partial charge in [0.15, 0.2) is 0 Å². The number of carbonyl (C=O) groups excluding carboxylic acids is 1. The highest BCUT2D eigenvalue weighted by Crippen LogP contribution is 2.28. The molecule has 18 heavy (non-hydrogen) atoms. The third-order valence-electron chi connectivity index (χ3n) is 3.44. The van der Waals surface area contributed by atoms with Crippen molar-refractivity contribution in [3.63, 3.8) is 0 Å². The van der Waals surface area contributed by atoms with Crippen molar-refractivity contribution in [2.24, 2.45) is 5.73 Å². The average molecular weight is 251 g/mol. The summed E-state index contributed by atoms with van der Waals surface area (Å²) in [6.07, 6.45) is 3.15. The molecule has 1 aromatic rings. The molecule has 1 saturated heterocycles. The van der Waals surface area contributed by atoms with Gasteiger partial charge in [0.2, 0.25) is 5.91 Å². The van der Waals surface area contributed by atoms with E-state index < -0.39 is 0 Å². The quantitative estimate of drug-likeness (QED) is 0.878. The van der Waals surface area contributed by atoms with Crippen molar-refractivity contribution in [1.82, 2.24) is 9.88 Å². The van der Waals surface area contributed by atoms with E-state index in [1.807, 2.05) is 6.92 Å². The van der Waals surface area contributed by atoms with Crippen molar-refractivity contribution < 1.29 is 9.18 Å². The molecule has 0 unspecified atom stereocenters. The highest BCUT2D eigenvalue weighted by Gasteiger charge is 2.23. The maximum atomic E-state index is 13.0. The van der Waals surface area contributed by atoms with E-state index in [2.05, 4.69) is 9.88 Å². The third-order valence-corrected chi connectivity index (χ3v) is 3.44. The molecule has 0 radical (unpaired) electrons. The first-order valence-electron chi connectivity index (χ1n) is 6.19. The first-order valence-corrected chi connectivity index (χ1v) is 6.19. The number of pyridine rings is 1. The molecule has 5 heteroatoms. The molecule has 2 rings (SSSR count). The fraction of sp³-hybridized carbons (Fsp3) is 0.538. The summed E-state index contributed by atoms with van der Waals surface area (Å²) in [6, 6.07) is 1.53. The lowest BCUT2D eigenvalue weighted by atomic mass is 9.91. The molecule has 1 aliphatic heterocycles. The van der Waals surface area contributed by atoms with Crippen LogP contribution in [0.4, 0.5) is 4.39 Å². The van der Waals surface area contributed by atoms with Gasteiger partial charge < -0.3 is 5.73 Å². The van der Waals surface area contributed by atoms with Gasteiger partial charge in [0.05, 0.1) is 12.7 Å². The minimum absolute atomic E-state index is 0.287. The predicted octanol–water partition coefficient (Wildman–Crippen LogP) is 1.19. The summed E-state index contributed by atoms with van der Waals surface area (Å²) >= 11 is 0. The highest BCUT2D eigenvalue weighted by molar-refractivity contribution is 5.75. The number of halogens is 1. The van der Waals surface area contributed by atoms with E-state index in [9.17, 15) is 9.18 Å². The van der Waals surface area contributed by atoms with Crippen LogP contribution in [0.3, 0.4) is 0 Å². The van der Waals surface area contributed by atoms with Crippen LogP contribution in [0.1, 0.15) is 30.0 Å². The van der Waals surface area contributed by atoms with Crippen LogP contribution < -0.4 is 5.73 Å². The smallest absolute Gasteiger partial charge is 0.231 e. The number of rotatable bonds is 3. The van der Waals surface area contributed by atoms with Gasteiger partial charge in [-0.3, -0.25) is 14.7 Å². The number of primary amides is 1. The fourth-order valence-corrected chi connectivity index (χ4v) is 2.56. The first kappa shape index (κ1) is 13.0. The zero-order chi connectivity index (χ0) is 13.1. The molecule has 0 aromatic carbocycles. The van der Waals surface area contributed by atoms with E-state index in [0.29, 0.717) is 12.5 Å². The molecule has 1 amide bonds. The summed E-state index contributed by atoms with van der Waals surface area (Å²) in [7, 11) is 0. The van der Waals surface area contributed by atoms with Crippen molar-refractivity contribution in [2.45, 2.75) is 25.7 Å². The minimum atomic E-state index is -0.289. The Hall–Kier alpha value is -1.49. The van der Waals surface area contributed by atoms with Gasteiger partial charge >= 0.3 is 0 Å². The van der Waals surface area contributed by atoms with Crippen LogP contribution in [0, 0.1) is 12.7 Å². The lowest BCUT2D eigenvalue weighted by molar-refractivity contribution is -0.119. The second-order valence-corrected chi connectivity index (χ2v) is 4.87. The number of hydrogen-bond donors (Lipinski definition) is 1. The van der Waals surface area contributed by atoms with Crippen molar-refractivity contribution in [2.75, 3.05) is 19.6 Å². The molecule has 0 bridgehead atoms. The van der Waals surface area contributed by atoms with Crippen molar-refractivity contribution in [3.8, 4) is 0 Å². The number of likely N-dealkylation sites (tertiary alicyclic amines) is 1. The van der Waals surface area contributed by atoms with Crippen LogP contribution in [0.2, 0.25) is 0 Å². The van der Waals surface area contributed by atoms with Gasteiger partial charge in [-0.25, -0.2) is 4.39 Å². The molecule has 0 spiro atoms. The Bertz CT molecular complexity index is 442. The molecule has 0 aliphatic carbocycles. The molecule has 2 N–H and O–H groups in total. The number of amides is 1. The Balaban J connectivity index is 1.99. The van der Waals surface area contributed by atoms with E-state index in [-0.39, 0.29) is 11.7 Å². The largest absolute Gasteiger partial charge is 0.369 e. The maximum Gasteiger partial charge on any atom is 0.231 e. The number of nitrogens with two attached hydrogens (primary N) is 1. The molecule has 4 nitrogen and oxygen atoms in total. The molecular weight excluding hydrogens is 233 g/mol. The SMILES string of the molecule is Cc1cc(F)cnc1C1CCN(CC(N)=O)CC1. The summed E-state index contributed by atoms with van der Waals surface area (Å²) in [6.45, 7) is 3.89. The lowest BCUT2D eigenvalue weighted by Gasteiger charge is -2.31. The van der Waals surface area contributed by atoms with E-state index in [0.717, 1.165) is 37.2 Å². The van der Waals surface area contributed by atoms with Gasteiger partial charge in [-0.1, -0.05) is 0 Å². The minimum Gasteiger partial charge on any atom is -0.369 e. The number of aryl methyl sites for hydroxylation is 1. The topological polar surface area (TPSA) is 59.2 Å². The van der Waals surface area contributed by atoms with E-state index >= 15 is 0 Å².